The quantitative estimate of drug-likeness (QED) is 0.427. The molecular formula is C19H20Cl3NO2. The molecule has 0 fully saturated rings. The summed E-state index contributed by atoms with van der Waals surface area (Å²) < 4.78 is 0. The van der Waals surface area contributed by atoms with Crippen molar-refractivity contribution in [2.24, 2.45) is 5.92 Å². The maximum atomic E-state index is 10.1. The smallest absolute Gasteiger partial charge is 0.109 e. The van der Waals surface area contributed by atoms with Crippen molar-refractivity contribution in [3.63, 3.8) is 0 Å². The molecule has 0 radical (unpaired) electrons. The molecule has 0 heterocycles. The fourth-order valence-electron chi connectivity index (χ4n) is 2.88. The second kappa shape index (κ2) is 8.54. The molecule has 2 atom stereocenters. The number of aliphatic hydroxyl groups is 2. The standard InChI is InChI=1S/C19H19Cl2NO2.ClH/c1-11(10-23)19(24)22-9-16-12-4-2-6-17(20)14(12)8-15-13(16)5-3-7-18(15)21;/h2-8,11,19,22-24H,9-10H2,1H3;1H. The number of hydrogen-bond acceptors (Lipinski definition) is 3. The Kier molecular flexibility index (Phi) is 6.92. The normalized spacial score (nSPS) is 13.6. The summed E-state index contributed by atoms with van der Waals surface area (Å²) >= 11 is 12.7. The van der Waals surface area contributed by atoms with Gasteiger partial charge in [0.25, 0.3) is 0 Å². The van der Waals surface area contributed by atoms with Gasteiger partial charge >= 0.3 is 0 Å². The van der Waals surface area contributed by atoms with Crippen LogP contribution < -0.4 is 5.32 Å². The van der Waals surface area contributed by atoms with E-state index in [0.717, 1.165) is 27.1 Å². The van der Waals surface area contributed by atoms with Gasteiger partial charge in [0.15, 0.2) is 0 Å². The highest BCUT2D eigenvalue weighted by Gasteiger charge is 2.15. The van der Waals surface area contributed by atoms with E-state index < -0.39 is 6.23 Å². The Labute approximate surface area is 163 Å². The van der Waals surface area contributed by atoms with Crippen molar-refractivity contribution < 1.29 is 10.2 Å². The molecule has 3 rings (SSSR count). The maximum Gasteiger partial charge on any atom is 0.109 e. The van der Waals surface area contributed by atoms with Crippen LogP contribution in [0.2, 0.25) is 10.0 Å². The summed E-state index contributed by atoms with van der Waals surface area (Å²) in [5.41, 5.74) is 1.02. The summed E-state index contributed by atoms with van der Waals surface area (Å²) in [6.45, 7) is 2.15. The molecule has 134 valence electrons. The summed E-state index contributed by atoms with van der Waals surface area (Å²) in [5, 5.41) is 27.6. The molecule has 0 aliphatic rings. The first-order chi connectivity index (χ1) is 11.5. The van der Waals surface area contributed by atoms with E-state index in [1.807, 2.05) is 42.5 Å². The van der Waals surface area contributed by atoms with Crippen LogP contribution in [0.25, 0.3) is 21.5 Å². The van der Waals surface area contributed by atoms with Gasteiger partial charge in [-0.05, 0) is 34.5 Å². The van der Waals surface area contributed by atoms with Gasteiger partial charge in [0.2, 0.25) is 0 Å². The zero-order valence-corrected chi connectivity index (χ0v) is 16.0. The van der Waals surface area contributed by atoms with Crippen LogP contribution in [0.5, 0.6) is 0 Å². The number of rotatable bonds is 5. The molecule has 3 aromatic carbocycles. The fraction of sp³-hybridized carbons (Fsp3) is 0.263. The molecule has 0 amide bonds. The number of halogens is 3. The molecule has 0 aliphatic carbocycles. The number of fused-ring (bicyclic) bond motifs is 2. The number of benzene rings is 3. The highest BCUT2D eigenvalue weighted by Crippen LogP contribution is 2.35. The van der Waals surface area contributed by atoms with Crippen molar-refractivity contribution >= 4 is 57.2 Å². The van der Waals surface area contributed by atoms with Gasteiger partial charge in [-0.2, -0.15) is 0 Å². The van der Waals surface area contributed by atoms with E-state index in [1.54, 1.807) is 6.92 Å². The minimum Gasteiger partial charge on any atom is -0.396 e. The number of hydrogen-bond donors (Lipinski definition) is 3. The summed E-state index contributed by atoms with van der Waals surface area (Å²) in [6.07, 6.45) is -0.793. The molecule has 3 nitrogen and oxygen atoms in total. The van der Waals surface area contributed by atoms with Gasteiger partial charge in [-0.25, -0.2) is 0 Å². The summed E-state index contributed by atoms with van der Waals surface area (Å²) in [7, 11) is 0. The van der Waals surface area contributed by atoms with Crippen LogP contribution in [0.4, 0.5) is 0 Å². The zero-order chi connectivity index (χ0) is 17.3. The predicted molar refractivity (Wildman–Crippen MR) is 108 cm³/mol. The van der Waals surface area contributed by atoms with E-state index in [4.69, 9.17) is 23.2 Å². The molecule has 0 bridgehead atoms. The molecule has 0 aromatic heterocycles. The summed E-state index contributed by atoms with van der Waals surface area (Å²) in [6, 6.07) is 13.6. The Morgan fingerprint density at radius 2 is 1.48 bits per heavy atom. The third kappa shape index (κ3) is 4.03. The molecule has 0 saturated carbocycles. The minimum absolute atomic E-state index is 0. The van der Waals surface area contributed by atoms with Gasteiger partial charge in [-0.15, -0.1) is 12.4 Å². The third-order valence-electron chi connectivity index (χ3n) is 4.36. The lowest BCUT2D eigenvalue weighted by Crippen LogP contribution is -2.35. The van der Waals surface area contributed by atoms with E-state index in [9.17, 15) is 10.2 Å². The molecular weight excluding hydrogens is 381 g/mol. The second-order valence-corrected chi connectivity index (χ2v) is 6.83. The first kappa shape index (κ1) is 20.2. The highest BCUT2D eigenvalue weighted by atomic mass is 35.5. The van der Waals surface area contributed by atoms with Crippen molar-refractivity contribution in [3.05, 3.63) is 58.1 Å². The van der Waals surface area contributed by atoms with Crippen LogP contribution in [0, 0.1) is 5.92 Å². The molecule has 3 N–H and O–H groups in total. The number of aliphatic hydroxyl groups excluding tert-OH is 2. The van der Waals surface area contributed by atoms with Crippen LogP contribution in [0.1, 0.15) is 12.5 Å². The Morgan fingerprint density at radius 1 is 0.960 bits per heavy atom. The maximum absolute atomic E-state index is 10.1. The molecule has 3 aromatic rings. The van der Waals surface area contributed by atoms with E-state index >= 15 is 0 Å². The Hall–Kier alpha value is -1.07. The van der Waals surface area contributed by atoms with Gasteiger partial charge in [0.1, 0.15) is 6.23 Å². The predicted octanol–water partition coefficient (Wildman–Crippen LogP) is 4.76. The van der Waals surface area contributed by atoms with Gasteiger partial charge in [0, 0.05) is 39.9 Å². The van der Waals surface area contributed by atoms with Crippen LogP contribution in [-0.2, 0) is 6.54 Å². The minimum atomic E-state index is -0.793. The van der Waals surface area contributed by atoms with E-state index in [2.05, 4.69) is 5.32 Å². The largest absolute Gasteiger partial charge is 0.396 e. The number of nitrogens with one attached hydrogen (secondary N) is 1. The highest BCUT2D eigenvalue weighted by molar-refractivity contribution is 6.38. The van der Waals surface area contributed by atoms with Gasteiger partial charge < -0.3 is 10.2 Å². The average molecular weight is 401 g/mol. The van der Waals surface area contributed by atoms with Gasteiger partial charge in [-0.1, -0.05) is 54.4 Å². The zero-order valence-electron chi connectivity index (χ0n) is 13.7. The van der Waals surface area contributed by atoms with Crippen LogP contribution in [-0.4, -0.2) is 23.0 Å². The lowest BCUT2D eigenvalue weighted by Gasteiger charge is -2.20. The molecule has 6 heteroatoms. The first-order valence-corrected chi connectivity index (χ1v) is 8.59. The molecule has 0 spiro atoms. The van der Waals surface area contributed by atoms with Crippen molar-refractivity contribution in [1.82, 2.24) is 5.32 Å². The van der Waals surface area contributed by atoms with Gasteiger partial charge in [0.05, 0.1) is 0 Å². The topological polar surface area (TPSA) is 52.5 Å². The Morgan fingerprint density at radius 3 is 1.96 bits per heavy atom. The van der Waals surface area contributed by atoms with Crippen LogP contribution >= 0.6 is 35.6 Å². The molecule has 0 aliphatic heterocycles. The lowest BCUT2D eigenvalue weighted by molar-refractivity contribution is 0.0496. The molecule has 0 saturated heterocycles. The van der Waals surface area contributed by atoms with Crippen molar-refractivity contribution in [2.75, 3.05) is 6.61 Å². The van der Waals surface area contributed by atoms with Crippen LogP contribution in [0.3, 0.4) is 0 Å². The average Bonchev–Trinajstić information content (AvgIpc) is 2.59. The van der Waals surface area contributed by atoms with Crippen molar-refractivity contribution in [1.29, 1.82) is 0 Å². The van der Waals surface area contributed by atoms with E-state index in [-0.39, 0.29) is 24.9 Å². The van der Waals surface area contributed by atoms with E-state index in [1.165, 1.54) is 0 Å². The lowest BCUT2D eigenvalue weighted by atomic mass is 9.96. The fourth-order valence-corrected chi connectivity index (χ4v) is 3.34. The SMILES string of the molecule is CC(CO)C(O)NCc1c2cccc(Cl)c2cc2c(Cl)cccc12.Cl. The van der Waals surface area contributed by atoms with Gasteiger partial charge in [-0.3, -0.25) is 5.32 Å². The third-order valence-corrected chi connectivity index (χ3v) is 5.02. The Bertz CT molecular complexity index is 825. The van der Waals surface area contributed by atoms with E-state index in [0.29, 0.717) is 16.6 Å². The molecule has 25 heavy (non-hydrogen) atoms. The molecule has 2 unspecified atom stereocenters. The Balaban J connectivity index is 0.00000225. The summed E-state index contributed by atoms with van der Waals surface area (Å²) in [4.78, 5) is 0. The monoisotopic (exact) mass is 399 g/mol. The second-order valence-electron chi connectivity index (χ2n) is 6.01. The first-order valence-electron chi connectivity index (χ1n) is 7.83. The van der Waals surface area contributed by atoms with Crippen LogP contribution in [0.15, 0.2) is 42.5 Å². The summed E-state index contributed by atoms with van der Waals surface area (Å²) in [5.74, 6) is -0.251. The van der Waals surface area contributed by atoms with Crippen molar-refractivity contribution in [3.8, 4) is 0 Å². The van der Waals surface area contributed by atoms with Crippen molar-refractivity contribution in [2.45, 2.75) is 19.7 Å².